The maximum atomic E-state index is 12.9. The molecule has 25 heavy (non-hydrogen) atoms. The van der Waals surface area contributed by atoms with Gasteiger partial charge in [0.05, 0.1) is 5.02 Å². The van der Waals surface area contributed by atoms with Gasteiger partial charge in [0.1, 0.15) is 0 Å². The molecule has 0 saturated carbocycles. The number of rotatable bonds is 2. The van der Waals surface area contributed by atoms with Crippen molar-refractivity contribution in [2.75, 3.05) is 13.1 Å². The zero-order valence-electron chi connectivity index (χ0n) is 14.0. The fraction of sp³-hybridized carbons (Fsp3) is 0.190. The van der Waals surface area contributed by atoms with Crippen LogP contribution in [0.25, 0.3) is 16.5 Å². The number of hydrogen-bond donors (Lipinski definition) is 0. The fourth-order valence-corrected chi connectivity index (χ4v) is 3.54. The molecule has 3 aromatic rings. The molecule has 3 nitrogen and oxygen atoms in total. The van der Waals surface area contributed by atoms with Crippen molar-refractivity contribution in [1.82, 2.24) is 4.90 Å². The highest BCUT2D eigenvalue weighted by atomic mass is 35.5. The van der Waals surface area contributed by atoms with Crippen LogP contribution in [0.15, 0.2) is 59.0 Å². The van der Waals surface area contributed by atoms with Crippen LogP contribution in [0.5, 0.6) is 0 Å². The fourth-order valence-electron chi connectivity index (χ4n) is 3.32. The average molecular weight is 352 g/mol. The van der Waals surface area contributed by atoms with Crippen molar-refractivity contribution in [1.29, 1.82) is 0 Å². The molecule has 0 bridgehead atoms. The summed E-state index contributed by atoms with van der Waals surface area (Å²) < 4.78 is 5.81. The normalized spacial score (nSPS) is 14.6. The number of benzene rings is 2. The number of hydrogen-bond acceptors (Lipinski definition) is 2. The average Bonchev–Trinajstić information content (AvgIpc) is 3.00. The molecule has 1 aliphatic heterocycles. The lowest BCUT2D eigenvalue weighted by Gasteiger charge is -2.26. The quantitative estimate of drug-likeness (QED) is 0.625. The first-order valence-corrected chi connectivity index (χ1v) is 8.74. The third-order valence-electron chi connectivity index (χ3n) is 4.75. The second kappa shape index (κ2) is 6.41. The Bertz CT molecular complexity index is 972. The largest absolute Gasteiger partial charge is 0.449 e. The second-order valence-electron chi connectivity index (χ2n) is 6.27. The van der Waals surface area contributed by atoms with Gasteiger partial charge in [-0.1, -0.05) is 60.1 Å². The Morgan fingerprint density at radius 2 is 1.92 bits per heavy atom. The van der Waals surface area contributed by atoms with Crippen molar-refractivity contribution in [2.24, 2.45) is 0 Å². The molecule has 0 spiro atoms. The van der Waals surface area contributed by atoms with Gasteiger partial charge in [-0.15, -0.1) is 0 Å². The minimum absolute atomic E-state index is 0.0758. The Kier molecular flexibility index (Phi) is 4.10. The van der Waals surface area contributed by atoms with Gasteiger partial charge in [0.25, 0.3) is 5.91 Å². The number of furan rings is 1. The Labute approximate surface area is 151 Å². The number of amides is 1. The van der Waals surface area contributed by atoms with E-state index in [0.29, 0.717) is 29.5 Å². The van der Waals surface area contributed by atoms with Crippen LogP contribution in [-0.4, -0.2) is 23.9 Å². The Morgan fingerprint density at radius 3 is 2.60 bits per heavy atom. The second-order valence-corrected chi connectivity index (χ2v) is 6.68. The summed E-state index contributed by atoms with van der Waals surface area (Å²) in [5.74, 6) is 0.313. The van der Waals surface area contributed by atoms with Crippen molar-refractivity contribution in [3.05, 3.63) is 76.5 Å². The standard InChI is InChI=1S/C21H18ClNO2/c1-14-17-8-5-9-18(22)20(17)25-19(14)21(24)23-12-10-16(11-13-23)15-6-3-2-4-7-15/h2-10H,11-13H2,1H3. The van der Waals surface area contributed by atoms with Crippen LogP contribution in [0.3, 0.4) is 0 Å². The summed E-state index contributed by atoms with van der Waals surface area (Å²) >= 11 is 6.19. The first-order chi connectivity index (χ1) is 12.1. The van der Waals surface area contributed by atoms with Gasteiger partial charge in [0, 0.05) is 24.0 Å². The van der Waals surface area contributed by atoms with Crippen molar-refractivity contribution in [2.45, 2.75) is 13.3 Å². The summed E-state index contributed by atoms with van der Waals surface area (Å²) in [6, 6.07) is 15.9. The van der Waals surface area contributed by atoms with E-state index >= 15 is 0 Å². The van der Waals surface area contributed by atoms with E-state index in [1.165, 1.54) is 11.1 Å². The maximum absolute atomic E-state index is 12.9. The van der Waals surface area contributed by atoms with Crippen LogP contribution in [-0.2, 0) is 0 Å². The summed E-state index contributed by atoms with van der Waals surface area (Å²) in [6.45, 7) is 3.18. The molecule has 0 saturated heterocycles. The molecular formula is C21H18ClNO2. The molecule has 2 heterocycles. The van der Waals surface area contributed by atoms with Gasteiger partial charge in [-0.2, -0.15) is 0 Å². The lowest BCUT2D eigenvalue weighted by atomic mass is 9.99. The highest BCUT2D eigenvalue weighted by Gasteiger charge is 2.25. The molecule has 0 fully saturated rings. The molecule has 0 aliphatic carbocycles. The summed E-state index contributed by atoms with van der Waals surface area (Å²) in [4.78, 5) is 14.7. The van der Waals surface area contributed by atoms with E-state index in [9.17, 15) is 4.79 Å². The topological polar surface area (TPSA) is 33.5 Å². The van der Waals surface area contributed by atoms with Crippen LogP contribution in [0.4, 0.5) is 0 Å². The number of carbonyl (C=O) groups is 1. The van der Waals surface area contributed by atoms with Gasteiger partial charge in [-0.3, -0.25) is 4.79 Å². The minimum atomic E-state index is -0.0758. The third kappa shape index (κ3) is 2.85. The van der Waals surface area contributed by atoms with Crippen LogP contribution in [0.1, 0.15) is 28.1 Å². The van der Waals surface area contributed by atoms with Crippen molar-refractivity contribution in [3.8, 4) is 0 Å². The monoisotopic (exact) mass is 351 g/mol. The van der Waals surface area contributed by atoms with Crippen molar-refractivity contribution >= 4 is 34.1 Å². The molecule has 1 aromatic heterocycles. The summed E-state index contributed by atoms with van der Waals surface area (Å²) in [7, 11) is 0. The molecule has 0 unspecified atom stereocenters. The lowest BCUT2D eigenvalue weighted by Crippen LogP contribution is -2.34. The van der Waals surface area contributed by atoms with E-state index < -0.39 is 0 Å². The summed E-state index contributed by atoms with van der Waals surface area (Å²) in [5.41, 5.74) is 3.94. The van der Waals surface area contributed by atoms with E-state index in [1.54, 1.807) is 6.07 Å². The maximum Gasteiger partial charge on any atom is 0.290 e. The predicted octanol–water partition coefficient (Wildman–Crippen LogP) is 5.32. The molecule has 2 aromatic carbocycles. The van der Waals surface area contributed by atoms with E-state index in [-0.39, 0.29) is 5.91 Å². The highest BCUT2D eigenvalue weighted by molar-refractivity contribution is 6.35. The van der Waals surface area contributed by atoms with E-state index in [0.717, 1.165) is 17.4 Å². The molecule has 0 N–H and O–H groups in total. The molecule has 4 rings (SSSR count). The lowest BCUT2D eigenvalue weighted by molar-refractivity contribution is 0.0742. The summed E-state index contributed by atoms with van der Waals surface area (Å²) in [6.07, 6.45) is 2.97. The van der Waals surface area contributed by atoms with Crippen LogP contribution < -0.4 is 0 Å². The molecule has 0 atom stereocenters. The van der Waals surface area contributed by atoms with Crippen LogP contribution in [0, 0.1) is 6.92 Å². The molecule has 1 amide bonds. The van der Waals surface area contributed by atoms with Crippen molar-refractivity contribution in [3.63, 3.8) is 0 Å². The van der Waals surface area contributed by atoms with Crippen LogP contribution in [0.2, 0.25) is 5.02 Å². The van der Waals surface area contributed by atoms with Crippen LogP contribution >= 0.6 is 11.6 Å². The number of nitrogens with zero attached hydrogens (tertiary/aromatic N) is 1. The molecule has 1 aliphatic rings. The SMILES string of the molecule is Cc1c(C(=O)N2CC=C(c3ccccc3)CC2)oc2c(Cl)cccc12. The minimum Gasteiger partial charge on any atom is -0.449 e. The number of fused-ring (bicyclic) bond motifs is 1. The number of carbonyl (C=O) groups excluding carboxylic acids is 1. The van der Waals surface area contributed by atoms with Gasteiger partial charge < -0.3 is 9.32 Å². The third-order valence-corrected chi connectivity index (χ3v) is 5.05. The molecule has 126 valence electrons. The molecular weight excluding hydrogens is 334 g/mol. The zero-order valence-corrected chi connectivity index (χ0v) is 14.7. The van der Waals surface area contributed by atoms with Gasteiger partial charge in [0.15, 0.2) is 11.3 Å². The van der Waals surface area contributed by atoms with E-state index in [2.05, 4.69) is 18.2 Å². The Balaban J connectivity index is 1.60. The smallest absolute Gasteiger partial charge is 0.290 e. The molecule has 0 radical (unpaired) electrons. The van der Waals surface area contributed by atoms with E-state index in [4.69, 9.17) is 16.0 Å². The highest BCUT2D eigenvalue weighted by Crippen LogP contribution is 2.32. The number of para-hydroxylation sites is 1. The molecule has 4 heteroatoms. The number of halogens is 1. The Hall–Kier alpha value is -2.52. The van der Waals surface area contributed by atoms with Gasteiger partial charge >= 0.3 is 0 Å². The van der Waals surface area contributed by atoms with Crippen molar-refractivity contribution < 1.29 is 9.21 Å². The Morgan fingerprint density at radius 1 is 1.12 bits per heavy atom. The zero-order chi connectivity index (χ0) is 17.4. The van der Waals surface area contributed by atoms with E-state index in [1.807, 2.05) is 42.2 Å². The van der Waals surface area contributed by atoms with Gasteiger partial charge in [0.2, 0.25) is 0 Å². The first kappa shape index (κ1) is 16.0. The predicted molar refractivity (Wildman–Crippen MR) is 101 cm³/mol. The number of aryl methyl sites for hydroxylation is 1. The van der Waals surface area contributed by atoms with Gasteiger partial charge in [-0.05, 0) is 30.5 Å². The van der Waals surface area contributed by atoms with Gasteiger partial charge in [-0.25, -0.2) is 0 Å². The summed E-state index contributed by atoms with van der Waals surface area (Å²) in [5, 5.41) is 1.43. The first-order valence-electron chi connectivity index (χ1n) is 8.36.